The maximum absolute atomic E-state index is 11.4. The molecule has 2 aromatic rings. The molecule has 2 amide bonds. The fourth-order valence-electron chi connectivity index (χ4n) is 1.83. The van der Waals surface area contributed by atoms with Gasteiger partial charge in [0.15, 0.2) is 9.84 Å². The van der Waals surface area contributed by atoms with Gasteiger partial charge in [0, 0.05) is 28.3 Å². The van der Waals surface area contributed by atoms with Crippen molar-refractivity contribution in [1.82, 2.24) is 5.32 Å². The van der Waals surface area contributed by atoms with Crippen LogP contribution in [0.4, 0.5) is 10.5 Å². The lowest BCUT2D eigenvalue weighted by Gasteiger charge is -2.07. The van der Waals surface area contributed by atoms with Crippen molar-refractivity contribution >= 4 is 33.3 Å². The van der Waals surface area contributed by atoms with Crippen molar-refractivity contribution in [1.29, 1.82) is 0 Å². The van der Waals surface area contributed by atoms with Crippen molar-refractivity contribution in [3.63, 3.8) is 0 Å². The third-order valence-electron chi connectivity index (χ3n) is 2.94. The van der Waals surface area contributed by atoms with Crippen LogP contribution in [0.5, 0.6) is 0 Å². The van der Waals surface area contributed by atoms with Crippen LogP contribution < -0.4 is 10.6 Å². The highest BCUT2D eigenvalue weighted by Gasteiger charge is 2.07. The average Bonchev–Trinajstić information content (AvgIpc) is 2.49. The van der Waals surface area contributed by atoms with Gasteiger partial charge in [-0.3, -0.25) is 0 Å². The molecular formula is C16H18N2O3S2. The minimum Gasteiger partial charge on any atom is -0.338 e. The van der Waals surface area contributed by atoms with Crippen molar-refractivity contribution < 1.29 is 13.2 Å². The molecule has 7 heteroatoms. The first kappa shape index (κ1) is 17.4. The third kappa shape index (κ3) is 5.30. The number of hydrogen-bond acceptors (Lipinski definition) is 4. The zero-order valence-corrected chi connectivity index (χ0v) is 14.5. The van der Waals surface area contributed by atoms with Gasteiger partial charge in [0.1, 0.15) is 0 Å². The highest BCUT2D eigenvalue weighted by Crippen LogP contribution is 2.29. The predicted molar refractivity (Wildman–Crippen MR) is 92.8 cm³/mol. The summed E-state index contributed by atoms with van der Waals surface area (Å²) in [6.45, 7) is 2.43. The van der Waals surface area contributed by atoms with Gasteiger partial charge in [-0.15, -0.1) is 0 Å². The Morgan fingerprint density at radius 3 is 2.00 bits per heavy atom. The second kappa shape index (κ2) is 7.52. The Hall–Kier alpha value is -1.99. The lowest BCUT2D eigenvalue weighted by molar-refractivity contribution is 0.252. The number of rotatable bonds is 5. The molecule has 122 valence electrons. The van der Waals surface area contributed by atoms with Gasteiger partial charge in [-0.1, -0.05) is 11.8 Å². The van der Waals surface area contributed by atoms with E-state index in [2.05, 4.69) is 10.6 Å². The highest BCUT2D eigenvalue weighted by molar-refractivity contribution is 7.99. The van der Waals surface area contributed by atoms with Crippen LogP contribution in [0.2, 0.25) is 0 Å². The molecule has 0 unspecified atom stereocenters. The van der Waals surface area contributed by atoms with E-state index >= 15 is 0 Å². The van der Waals surface area contributed by atoms with Crippen molar-refractivity contribution in [3.8, 4) is 0 Å². The summed E-state index contributed by atoms with van der Waals surface area (Å²) in [6.07, 6.45) is 1.19. The number of sulfone groups is 1. The Bertz CT molecular complexity index is 770. The minimum absolute atomic E-state index is 0.232. The summed E-state index contributed by atoms with van der Waals surface area (Å²) in [4.78, 5) is 13.7. The summed E-state index contributed by atoms with van der Waals surface area (Å²) in [5, 5.41) is 5.39. The molecule has 0 aliphatic carbocycles. The Balaban J connectivity index is 2.02. The van der Waals surface area contributed by atoms with E-state index in [-0.39, 0.29) is 6.03 Å². The van der Waals surface area contributed by atoms with E-state index in [4.69, 9.17) is 0 Å². The van der Waals surface area contributed by atoms with Gasteiger partial charge in [0.25, 0.3) is 0 Å². The fourth-order valence-corrected chi connectivity index (χ4v) is 3.28. The number of anilines is 1. The molecule has 0 bridgehead atoms. The first-order valence-corrected chi connectivity index (χ1v) is 9.72. The molecule has 0 heterocycles. The van der Waals surface area contributed by atoms with E-state index in [0.29, 0.717) is 17.1 Å². The summed E-state index contributed by atoms with van der Waals surface area (Å²) in [7, 11) is -3.17. The molecule has 0 spiro atoms. The number of nitrogens with one attached hydrogen (secondary N) is 2. The van der Waals surface area contributed by atoms with Crippen LogP contribution in [0.15, 0.2) is 63.2 Å². The predicted octanol–water partition coefficient (Wildman–Crippen LogP) is 3.38. The van der Waals surface area contributed by atoms with Crippen LogP contribution in [-0.2, 0) is 9.84 Å². The molecule has 5 nitrogen and oxygen atoms in total. The van der Waals surface area contributed by atoms with Crippen molar-refractivity contribution in [2.45, 2.75) is 21.6 Å². The van der Waals surface area contributed by atoms with Gasteiger partial charge >= 0.3 is 6.03 Å². The molecule has 0 aromatic heterocycles. The highest BCUT2D eigenvalue weighted by atomic mass is 32.2. The van der Waals surface area contributed by atoms with E-state index in [0.717, 1.165) is 9.79 Å². The summed E-state index contributed by atoms with van der Waals surface area (Å²) in [6, 6.07) is 14.0. The zero-order chi connectivity index (χ0) is 16.9. The molecule has 23 heavy (non-hydrogen) atoms. The number of carbonyl (C=O) groups excluding carboxylic acids is 1. The van der Waals surface area contributed by atoms with E-state index < -0.39 is 9.84 Å². The lowest BCUT2D eigenvalue weighted by Crippen LogP contribution is -2.28. The molecular weight excluding hydrogens is 332 g/mol. The van der Waals surface area contributed by atoms with Gasteiger partial charge in [-0.25, -0.2) is 13.2 Å². The van der Waals surface area contributed by atoms with E-state index in [9.17, 15) is 13.2 Å². The minimum atomic E-state index is -3.17. The van der Waals surface area contributed by atoms with Crippen LogP contribution >= 0.6 is 11.8 Å². The number of urea groups is 1. The van der Waals surface area contributed by atoms with Gasteiger partial charge in [-0.2, -0.15) is 0 Å². The summed E-state index contributed by atoms with van der Waals surface area (Å²) in [5.41, 5.74) is 0.715. The summed E-state index contributed by atoms with van der Waals surface area (Å²) >= 11 is 1.52. The molecule has 2 N–H and O–H groups in total. The number of hydrogen-bond donors (Lipinski definition) is 2. The van der Waals surface area contributed by atoms with Crippen LogP contribution in [0.25, 0.3) is 0 Å². The molecule has 0 aliphatic heterocycles. The van der Waals surface area contributed by atoms with Gasteiger partial charge in [0.2, 0.25) is 0 Å². The van der Waals surface area contributed by atoms with Crippen molar-refractivity contribution in [2.24, 2.45) is 0 Å². The summed E-state index contributed by atoms with van der Waals surface area (Å²) in [5.74, 6) is 0. The Morgan fingerprint density at radius 2 is 1.52 bits per heavy atom. The molecule has 0 atom stereocenters. The molecule has 0 aliphatic rings. The first-order valence-electron chi connectivity index (χ1n) is 7.01. The van der Waals surface area contributed by atoms with Crippen LogP contribution in [0.3, 0.4) is 0 Å². The lowest BCUT2D eigenvalue weighted by atomic mass is 10.3. The van der Waals surface area contributed by atoms with Gasteiger partial charge in [-0.05, 0) is 55.5 Å². The molecule has 0 fully saturated rings. The SMILES string of the molecule is CCNC(=O)Nc1ccc(Sc2ccc(S(C)(=O)=O)cc2)cc1. The van der Waals surface area contributed by atoms with Crippen molar-refractivity contribution in [2.75, 3.05) is 18.1 Å². The van der Waals surface area contributed by atoms with Gasteiger partial charge in [0.05, 0.1) is 4.90 Å². The van der Waals surface area contributed by atoms with E-state index in [1.165, 1.54) is 18.0 Å². The maximum Gasteiger partial charge on any atom is 0.319 e. The Kier molecular flexibility index (Phi) is 5.68. The van der Waals surface area contributed by atoms with Crippen LogP contribution in [0, 0.1) is 0 Å². The second-order valence-corrected chi connectivity index (χ2v) is 8.02. The van der Waals surface area contributed by atoms with Gasteiger partial charge < -0.3 is 10.6 Å². The molecule has 0 saturated heterocycles. The van der Waals surface area contributed by atoms with Crippen LogP contribution in [-0.4, -0.2) is 27.2 Å². The first-order chi connectivity index (χ1) is 10.9. The molecule has 2 aromatic carbocycles. The molecule has 2 rings (SSSR count). The number of benzene rings is 2. The molecule has 0 radical (unpaired) electrons. The monoisotopic (exact) mass is 350 g/mol. The topological polar surface area (TPSA) is 75.3 Å². The fraction of sp³-hybridized carbons (Fsp3) is 0.188. The zero-order valence-electron chi connectivity index (χ0n) is 12.9. The van der Waals surface area contributed by atoms with Crippen LogP contribution in [0.1, 0.15) is 6.92 Å². The maximum atomic E-state index is 11.4. The van der Waals surface area contributed by atoms with Crippen molar-refractivity contribution in [3.05, 3.63) is 48.5 Å². The van der Waals surface area contributed by atoms with E-state index in [1.54, 1.807) is 24.3 Å². The quantitative estimate of drug-likeness (QED) is 0.867. The molecule has 0 saturated carbocycles. The standard InChI is InChI=1S/C16H18N2O3S2/c1-3-17-16(19)18-12-4-6-13(7-5-12)22-14-8-10-15(11-9-14)23(2,20)21/h4-11H,3H2,1-2H3,(H2,17,18,19). The van der Waals surface area contributed by atoms with E-state index in [1.807, 2.05) is 31.2 Å². The number of carbonyl (C=O) groups is 1. The third-order valence-corrected chi connectivity index (χ3v) is 5.08. The normalized spacial score (nSPS) is 11.0. The smallest absolute Gasteiger partial charge is 0.319 e. The second-order valence-electron chi connectivity index (χ2n) is 4.85. The largest absolute Gasteiger partial charge is 0.338 e. The Labute approximate surface area is 140 Å². The number of amides is 2. The summed E-state index contributed by atoms with van der Waals surface area (Å²) < 4.78 is 22.9. The average molecular weight is 350 g/mol. The Morgan fingerprint density at radius 1 is 1.00 bits per heavy atom.